The molecule has 1 amide bonds. The molecule has 1 fully saturated rings. The average Bonchev–Trinajstić information content (AvgIpc) is 2.86. The Labute approximate surface area is 91.0 Å². The van der Waals surface area contributed by atoms with Gasteiger partial charge in [-0.2, -0.15) is 0 Å². The van der Waals surface area contributed by atoms with E-state index in [-0.39, 0.29) is 5.91 Å². The number of carbonyl (C=O) groups is 1. The fourth-order valence-electron chi connectivity index (χ4n) is 1.44. The maximum absolute atomic E-state index is 11.0. The van der Waals surface area contributed by atoms with E-state index in [2.05, 4.69) is 26.2 Å². The normalized spacial score (nSPS) is 15.3. The van der Waals surface area contributed by atoms with Crippen LogP contribution in [0.25, 0.3) is 0 Å². The summed E-state index contributed by atoms with van der Waals surface area (Å²) in [4.78, 5) is 15.2. The number of hydrogen-bond acceptors (Lipinski definition) is 2. The van der Waals surface area contributed by atoms with Crippen molar-refractivity contribution < 1.29 is 4.79 Å². The number of carbonyl (C=O) groups excluding carboxylic acids is 1. The Bertz CT molecular complexity index is 374. The smallest absolute Gasteiger partial charge is 0.222 e. The van der Waals surface area contributed by atoms with Crippen LogP contribution in [0.4, 0.5) is 5.82 Å². The number of amides is 1. The van der Waals surface area contributed by atoms with Crippen molar-refractivity contribution in [2.24, 2.45) is 0 Å². The van der Waals surface area contributed by atoms with Gasteiger partial charge < -0.3 is 5.32 Å². The Hall–Kier alpha value is -0.900. The van der Waals surface area contributed by atoms with Gasteiger partial charge in [-0.25, -0.2) is 4.98 Å². The minimum atomic E-state index is -0.0718. The van der Waals surface area contributed by atoms with Gasteiger partial charge in [0, 0.05) is 6.92 Å². The lowest BCUT2D eigenvalue weighted by Gasteiger charge is -2.07. The summed E-state index contributed by atoms with van der Waals surface area (Å²) in [5.41, 5.74) is 1.16. The summed E-state index contributed by atoms with van der Waals surface area (Å²) < 4.78 is 0.755. The third kappa shape index (κ3) is 2.12. The molecule has 1 heterocycles. The van der Waals surface area contributed by atoms with Crippen molar-refractivity contribution in [3.63, 3.8) is 0 Å². The Morgan fingerprint density at radius 3 is 2.86 bits per heavy atom. The zero-order valence-corrected chi connectivity index (χ0v) is 9.47. The molecule has 0 unspecified atom stereocenters. The van der Waals surface area contributed by atoms with Crippen LogP contribution in [0.3, 0.4) is 0 Å². The van der Waals surface area contributed by atoms with Crippen molar-refractivity contribution in [2.45, 2.75) is 25.7 Å². The van der Waals surface area contributed by atoms with Crippen molar-refractivity contribution in [1.82, 2.24) is 4.98 Å². The topological polar surface area (TPSA) is 42.0 Å². The molecule has 1 aromatic heterocycles. The maximum atomic E-state index is 11.0. The summed E-state index contributed by atoms with van der Waals surface area (Å²) in [6.07, 6.45) is 2.41. The number of pyridine rings is 1. The molecule has 1 aliphatic carbocycles. The third-order valence-electron chi connectivity index (χ3n) is 2.20. The quantitative estimate of drug-likeness (QED) is 0.825. The molecule has 1 N–H and O–H groups in total. The molecular formula is C10H11BrN2O. The number of hydrogen-bond donors (Lipinski definition) is 1. The Morgan fingerprint density at radius 2 is 2.29 bits per heavy atom. The molecule has 4 heteroatoms. The molecule has 74 valence electrons. The first kappa shape index (κ1) is 9.65. The zero-order valence-electron chi connectivity index (χ0n) is 7.88. The van der Waals surface area contributed by atoms with Gasteiger partial charge in [-0.15, -0.1) is 0 Å². The van der Waals surface area contributed by atoms with E-state index in [1.54, 1.807) is 0 Å². The Kier molecular flexibility index (Phi) is 2.54. The summed E-state index contributed by atoms with van der Waals surface area (Å²) in [6.45, 7) is 1.50. The number of nitrogens with one attached hydrogen (secondary N) is 1. The standard InChI is InChI=1S/C10H11BrN2O/c1-6(14)12-10-8(7-2-3-7)4-5-9(11)13-10/h4-5,7H,2-3H2,1H3,(H,12,13,14). The highest BCUT2D eigenvalue weighted by Gasteiger charge is 2.27. The van der Waals surface area contributed by atoms with Crippen LogP contribution in [-0.2, 0) is 4.79 Å². The largest absolute Gasteiger partial charge is 0.311 e. The second-order valence-electron chi connectivity index (χ2n) is 3.53. The lowest BCUT2D eigenvalue weighted by Crippen LogP contribution is -2.09. The molecule has 0 atom stereocenters. The number of nitrogens with zero attached hydrogens (tertiary/aromatic N) is 1. The fraction of sp³-hybridized carbons (Fsp3) is 0.400. The SMILES string of the molecule is CC(=O)Nc1nc(Br)ccc1C1CC1. The molecular weight excluding hydrogens is 244 g/mol. The van der Waals surface area contributed by atoms with E-state index in [0.29, 0.717) is 11.7 Å². The molecule has 0 aromatic carbocycles. The van der Waals surface area contributed by atoms with E-state index in [0.717, 1.165) is 10.2 Å². The zero-order chi connectivity index (χ0) is 10.1. The first-order valence-electron chi connectivity index (χ1n) is 4.61. The van der Waals surface area contributed by atoms with E-state index in [4.69, 9.17) is 0 Å². The van der Waals surface area contributed by atoms with Gasteiger partial charge in [-0.3, -0.25) is 4.79 Å². The fourth-order valence-corrected chi connectivity index (χ4v) is 1.75. The Morgan fingerprint density at radius 1 is 1.57 bits per heavy atom. The highest BCUT2D eigenvalue weighted by Crippen LogP contribution is 2.43. The molecule has 0 saturated heterocycles. The molecule has 14 heavy (non-hydrogen) atoms. The lowest BCUT2D eigenvalue weighted by molar-refractivity contribution is -0.114. The van der Waals surface area contributed by atoms with E-state index in [1.165, 1.54) is 19.8 Å². The van der Waals surface area contributed by atoms with Crippen molar-refractivity contribution in [3.05, 3.63) is 22.3 Å². The van der Waals surface area contributed by atoms with Crippen molar-refractivity contribution in [2.75, 3.05) is 5.32 Å². The van der Waals surface area contributed by atoms with Crippen LogP contribution in [0.1, 0.15) is 31.2 Å². The monoisotopic (exact) mass is 254 g/mol. The van der Waals surface area contributed by atoms with E-state index in [9.17, 15) is 4.79 Å². The van der Waals surface area contributed by atoms with Crippen LogP contribution in [0.2, 0.25) is 0 Å². The van der Waals surface area contributed by atoms with Crippen molar-refractivity contribution >= 4 is 27.7 Å². The van der Waals surface area contributed by atoms with Crippen LogP contribution in [0, 0.1) is 0 Å². The van der Waals surface area contributed by atoms with Gasteiger partial charge in [0.05, 0.1) is 0 Å². The minimum Gasteiger partial charge on any atom is -0.311 e. The average molecular weight is 255 g/mol. The van der Waals surface area contributed by atoms with Gasteiger partial charge >= 0.3 is 0 Å². The van der Waals surface area contributed by atoms with Crippen molar-refractivity contribution in [3.8, 4) is 0 Å². The summed E-state index contributed by atoms with van der Waals surface area (Å²) in [7, 11) is 0. The maximum Gasteiger partial charge on any atom is 0.222 e. The van der Waals surface area contributed by atoms with E-state index >= 15 is 0 Å². The molecule has 1 saturated carbocycles. The van der Waals surface area contributed by atoms with Gasteiger partial charge in [0.1, 0.15) is 10.4 Å². The van der Waals surface area contributed by atoms with Crippen LogP contribution < -0.4 is 5.32 Å². The second-order valence-corrected chi connectivity index (χ2v) is 4.34. The number of halogens is 1. The van der Waals surface area contributed by atoms with Crippen LogP contribution in [0.15, 0.2) is 16.7 Å². The summed E-state index contributed by atoms with van der Waals surface area (Å²) in [6, 6.07) is 3.94. The van der Waals surface area contributed by atoms with Gasteiger partial charge in [0.2, 0.25) is 5.91 Å². The number of rotatable bonds is 2. The van der Waals surface area contributed by atoms with Crippen molar-refractivity contribution in [1.29, 1.82) is 0 Å². The molecule has 0 radical (unpaired) electrons. The number of anilines is 1. The summed E-state index contributed by atoms with van der Waals surface area (Å²) >= 11 is 3.29. The minimum absolute atomic E-state index is 0.0718. The van der Waals surface area contributed by atoms with Gasteiger partial charge in [-0.05, 0) is 46.3 Å². The predicted molar refractivity (Wildman–Crippen MR) is 58.2 cm³/mol. The summed E-state index contributed by atoms with van der Waals surface area (Å²) in [5.74, 6) is 1.23. The first-order chi connectivity index (χ1) is 6.66. The van der Waals surface area contributed by atoms with Gasteiger partial charge in [-0.1, -0.05) is 6.07 Å². The molecule has 0 spiro atoms. The highest BCUT2D eigenvalue weighted by atomic mass is 79.9. The molecule has 0 bridgehead atoms. The molecule has 1 aromatic rings. The molecule has 3 nitrogen and oxygen atoms in total. The van der Waals surface area contributed by atoms with Crippen LogP contribution in [0.5, 0.6) is 0 Å². The number of aromatic nitrogens is 1. The van der Waals surface area contributed by atoms with E-state index < -0.39 is 0 Å². The first-order valence-corrected chi connectivity index (χ1v) is 5.40. The lowest BCUT2D eigenvalue weighted by atomic mass is 10.1. The van der Waals surface area contributed by atoms with Gasteiger partial charge in [0.25, 0.3) is 0 Å². The highest BCUT2D eigenvalue weighted by molar-refractivity contribution is 9.10. The third-order valence-corrected chi connectivity index (χ3v) is 2.65. The van der Waals surface area contributed by atoms with E-state index in [1.807, 2.05) is 12.1 Å². The summed E-state index contributed by atoms with van der Waals surface area (Å²) in [5, 5.41) is 2.76. The second kappa shape index (κ2) is 3.69. The Balaban J connectivity index is 2.32. The van der Waals surface area contributed by atoms with Crippen LogP contribution >= 0.6 is 15.9 Å². The molecule has 0 aliphatic heterocycles. The molecule has 1 aliphatic rings. The van der Waals surface area contributed by atoms with Gasteiger partial charge in [0.15, 0.2) is 0 Å². The molecule has 2 rings (SSSR count). The predicted octanol–water partition coefficient (Wildman–Crippen LogP) is 2.68. The van der Waals surface area contributed by atoms with Crippen LogP contribution in [-0.4, -0.2) is 10.9 Å².